The maximum absolute atomic E-state index is 12.8. The minimum atomic E-state index is -0.994. The summed E-state index contributed by atoms with van der Waals surface area (Å²) >= 11 is 0. The van der Waals surface area contributed by atoms with Crippen molar-refractivity contribution < 1.29 is 29.0 Å². The van der Waals surface area contributed by atoms with Crippen LogP contribution in [-0.4, -0.2) is 54.0 Å². The normalized spacial score (nSPS) is 12.5. The van der Waals surface area contributed by atoms with Gasteiger partial charge < -0.3 is 25.8 Å². The number of carbonyl (C=O) groups excluding carboxylic acids is 4. The van der Waals surface area contributed by atoms with E-state index < -0.39 is 35.8 Å². The number of carbonyl (C=O) groups is 4. The van der Waals surface area contributed by atoms with Crippen molar-refractivity contribution in [2.45, 2.75) is 71.6 Å². The first-order valence-corrected chi connectivity index (χ1v) is 11.5. The largest absolute Gasteiger partial charge is 0.445 e. The van der Waals surface area contributed by atoms with Gasteiger partial charge in [-0.3, -0.25) is 14.4 Å². The zero-order valence-corrected chi connectivity index (χ0v) is 19.8. The van der Waals surface area contributed by atoms with Crippen LogP contribution in [0.1, 0.15) is 58.4 Å². The second kappa shape index (κ2) is 15.8. The molecular weight excluding hydrogens is 426 g/mol. The SMILES string of the molecule is CC[C@H](NC(=O)[C@H](CC(C)C)NC(=O)OCc1ccccc1)C(=O)C(=O)NCCCCCO. The summed E-state index contributed by atoms with van der Waals surface area (Å²) < 4.78 is 5.20. The Balaban J connectivity index is 2.63. The van der Waals surface area contributed by atoms with Crippen LogP contribution in [0.15, 0.2) is 30.3 Å². The molecular formula is C24H37N3O6. The third kappa shape index (κ3) is 11.5. The second-order valence-corrected chi connectivity index (χ2v) is 8.26. The fourth-order valence-corrected chi connectivity index (χ4v) is 3.10. The number of alkyl carbamates (subject to hydrolysis) is 1. The molecule has 0 saturated carbocycles. The molecule has 9 nitrogen and oxygen atoms in total. The lowest BCUT2D eigenvalue weighted by Crippen LogP contribution is -2.54. The molecule has 1 aromatic rings. The molecule has 0 radical (unpaired) electrons. The van der Waals surface area contributed by atoms with E-state index in [9.17, 15) is 19.2 Å². The molecule has 0 fully saturated rings. The maximum atomic E-state index is 12.8. The third-order valence-electron chi connectivity index (χ3n) is 4.91. The predicted octanol–water partition coefficient (Wildman–Crippen LogP) is 2.07. The standard InChI is InChI=1S/C24H37N3O6/c1-4-19(21(29)23(31)25-13-9-6-10-14-28)26-22(30)20(15-17(2)3)27-24(32)33-16-18-11-7-5-8-12-18/h5,7-8,11-12,17,19-20,28H,4,6,9-10,13-16H2,1-3H3,(H,25,31)(H,26,30)(H,27,32)/t19-,20-/m0/s1. The lowest BCUT2D eigenvalue weighted by Gasteiger charge is -2.23. The van der Waals surface area contributed by atoms with E-state index in [1.54, 1.807) is 6.92 Å². The van der Waals surface area contributed by atoms with Crippen molar-refractivity contribution >= 4 is 23.7 Å². The van der Waals surface area contributed by atoms with E-state index in [2.05, 4.69) is 16.0 Å². The lowest BCUT2D eigenvalue weighted by atomic mass is 10.0. The highest BCUT2D eigenvalue weighted by molar-refractivity contribution is 6.38. The highest BCUT2D eigenvalue weighted by Gasteiger charge is 2.29. The Bertz CT molecular complexity index is 754. The Kier molecular flexibility index (Phi) is 13.4. The van der Waals surface area contributed by atoms with Crippen LogP contribution in [0.5, 0.6) is 0 Å². The number of unbranched alkanes of at least 4 members (excludes halogenated alkanes) is 2. The minimum absolute atomic E-state index is 0.0667. The number of aliphatic hydroxyl groups excluding tert-OH is 1. The third-order valence-corrected chi connectivity index (χ3v) is 4.91. The van der Waals surface area contributed by atoms with Gasteiger partial charge in [-0.2, -0.15) is 0 Å². The first-order valence-electron chi connectivity index (χ1n) is 11.5. The van der Waals surface area contributed by atoms with E-state index in [1.807, 2.05) is 44.2 Å². The van der Waals surface area contributed by atoms with E-state index in [4.69, 9.17) is 9.84 Å². The first kappa shape index (κ1) is 28.1. The summed E-state index contributed by atoms with van der Waals surface area (Å²) in [4.78, 5) is 49.7. The van der Waals surface area contributed by atoms with Crippen LogP contribution in [-0.2, 0) is 25.7 Å². The fourth-order valence-electron chi connectivity index (χ4n) is 3.10. The topological polar surface area (TPSA) is 134 Å². The van der Waals surface area contributed by atoms with Crippen molar-refractivity contribution in [3.05, 3.63) is 35.9 Å². The summed E-state index contributed by atoms with van der Waals surface area (Å²) in [5.41, 5.74) is 0.816. The second-order valence-electron chi connectivity index (χ2n) is 8.26. The molecule has 2 atom stereocenters. The van der Waals surface area contributed by atoms with Crippen molar-refractivity contribution in [1.82, 2.24) is 16.0 Å². The molecule has 0 spiro atoms. The van der Waals surface area contributed by atoms with Gasteiger partial charge in [0.25, 0.3) is 5.91 Å². The Morgan fingerprint density at radius 2 is 1.67 bits per heavy atom. The smallest absolute Gasteiger partial charge is 0.408 e. The highest BCUT2D eigenvalue weighted by Crippen LogP contribution is 2.08. The molecule has 9 heteroatoms. The van der Waals surface area contributed by atoms with Crippen LogP contribution in [0.4, 0.5) is 4.79 Å². The van der Waals surface area contributed by atoms with Gasteiger partial charge in [0.05, 0.1) is 6.04 Å². The maximum Gasteiger partial charge on any atom is 0.408 e. The summed E-state index contributed by atoms with van der Waals surface area (Å²) in [6, 6.07) is 7.26. The summed E-state index contributed by atoms with van der Waals surface area (Å²) in [5, 5.41) is 16.5. The average Bonchev–Trinajstić information content (AvgIpc) is 2.80. The van der Waals surface area contributed by atoms with Gasteiger partial charge in [0.2, 0.25) is 11.7 Å². The Morgan fingerprint density at radius 3 is 2.27 bits per heavy atom. The average molecular weight is 464 g/mol. The zero-order valence-electron chi connectivity index (χ0n) is 19.8. The van der Waals surface area contributed by atoms with Crippen LogP contribution < -0.4 is 16.0 Å². The fraction of sp³-hybridized carbons (Fsp3) is 0.583. The van der Waals surface area contributed by atoms with Gasteiger partial charge in [0.1, 0.15) is 12.6 Å². The number of ether oxygens (including phenoxy) is 1. The van der Waals surface area contributed by atoms with E-state index in [0.29, 0.717) is 25.8 Å². The number of amides is 3. The summed E-state index contributed by atoms with van der Waals surface area (Å²) in [5.74, 6) is -1.95. The van der Waals surface area contributed by atoms with Crippen molar-refractivity contribution in [3.63, 3.8) is 0 Å². The molecule has 0 aliphatic carbocycles. The van der Waals surface area contributed by atoms with Gasteiger partial charge in [0, 0.05) is 13.2 Å². The molecule has 0 saturated heterocycles. The Hall–Kier alpha value is -2.94. The van der Waals surface area contributed by atoms with Gasteiger partial charge in [-0.05, 0) is 43.6 Å². The van der Waals surface area contributed by atoms with E-state index in [0.717, 1.165) is 12.0 Å². The summed E-state index contributed by atoms with van der Waals surface area (Å²) in [7, 11) is 0. The van der Waals surface area contributed by atoms with Crippen molar-refractivity contribution in [2.75, 3.05) is 13.2 Å². The number of hydrogen-bond donors (Lipinski definition) is 4. The minimum Gasteiger partial charge on any atom is -0.445 e. The zero-order chi connectivity index (χ0) is 24.6. The predicted molar refractivity (Wildman–Crippen MR) is 124 cm³/mol. The van der Waals surface area contributed by atoms with Gasteiger partial charge in [0.15, 0.2) is 0 Å². The number of Topliss-reactive ketones (excluding diaryl/α,β-unsaturated/α-hetero) is 1. The molecule has 0 heterocycles. The number of hydrogen-bond acceptors (Lipinski definition) is 6. The molecule has 1 aromatic carbocycles. The van der Waals surface area contributed by atoms with Crippen molar-refractivity contribution in [3.8, 4) is 0 Å². The Labute approximate surface area is 195 Å². The molecule has 4 N–H and O–H groups in total. The van der Waals surface area contributed by atoms with Crippen LogP contribution in [0.3, 0.4) is 0 Å². The molecule has 0 bridgehead atoms. The highest BCUT2D eigenvalue weighted by atomic mass is 16.5. The van der Waals surface area contributed by atoms with E-state index in [-0.39, 0.29) is 25.6 Å². The van der Waals surface area contributed by atoms with Gasteiger partial charge >= 0.3 is 6.09 Å². The molecule has 0 aliphatic heterocycles. The summed E-state index contributed by atoms with van der Waals surface area (Å²) in [6.07, 6.45) is 1.86. The van der Waals surface area contributed by atoms with E-state index >= 15 is 0 Å². The van der Waals surface area contributed by atoms with E-state index in [1.165, 1.54) is 0 Å². The van der Waals surface area contributed by atoms with Crippen LogP contribution in [0.25, 0.3) is 0 Å². The van der Waals surface area contributed by atoms with Crippen molar-refractivity contribution in [1.29, 1.82) is 0 Å². The number of nitrogens with one attached hydrogen (secondary N) is 3. The van der Waals surface area contributed by atoms with Crippen LogP contribution >= 0.6 is 0 Å². The molecule has 33 heavy (non-hydrogen) atoms. The van der Waals surface area contributed by atoms with Gasteiger partial charge in [-0.25, -0.2) is 4.79 Å². The molecule has 1 rings (SSSR count). The first-order chi connectivity index (χ1) is 15.8. The quantitative estimate of drug-likeness (QED) is 0.232. The monoisotopic (exact) mass is 463 g/mol. The van der Waals surface area contributed by atoms with Gasteiger partial charge in [-0.15, -0.1) is 0 Å². The summed E-state index contributed by atoms with van der Waals surface area (Å²) in [6.45, 7) is 5.98. The molecule has 0 aliphatic rings. The number of rotatable bonds is 15. The molecule has 0 aromatic heterocycles. The molecule has 0 unspecified atom stereocenters. The number of ketones is 1. The molecule has 184 valence electrons. The Morgan fingerprint density at radius 1 is 0.970 bits per heavy atom. The number of aliphatic hydroxyl groups is 1. The molecule has 3 amide bonds. The van der Waals surface area contributed by atoms with Crippen LogP contribution in [0, 0.1) is 5.92 Å². The van der Waals surface area contributed by atoms with Crippen LogP contribution in [0.2, 0.25) is 0 Å². The van der Waals surface area contributed by atoms with Crippen molar-refractivity contribution in [2.24, 2.45) is 5.92 Å². The van der Waals surface area contributed by atoms with Gasteiger partial charge in [-0.1, -0.05) is 51.1 Å². The number of benzene rings is 1. The lowest BCUT2D eigenvalue weighted by molar-refractivity contribution is -0.140.